The van der Waals surface area contributed by atoms with Crippen molar-refractivity contribution in [1.82, 2.24) is 0 Å². The first kappa shape index (κ1) is 22.9. The molecule has 2 amide bonds. The molecular formula is C29H22N2O5. The maximum atomic E-state index is 13.0. The van der Waals surface area contributed by atoms with Crippen molar-refractivity contribution < 1.29 is 23.5 Å². The second-order valence-corrected chi connectivity index (χ2v) is 8.23. The predicted molar refractivity (Wildman–Crippen MR) is 139 cm³/mol. The summed E-state index contributed by atoms with van der Waals surface area (Å²) in [5.74, 6) is -0.619. The molecule has 1 heterocycles. The van der Waals surface area contributed by atoms with Crippen molar-refractivity contribution in [2.24, 2.45) is 0 Å². The van der Waals surface area contributed by atoms with Crippen molar-refractivity contribution in [1.29, 1.82) is 0 Å². The van der Waals surface area contributed by atoms with Crippen molar-refractivity contribution in [2.75, 3.05) is 17.2 Å². The zero-order valence-electron chi connectivity index (χ0n) is 19.4. The monoisotopic (exact) mass is 478 g/mol. The van der Waals surface area contributed by atoms with Crippen LogP contribution in [0.2, 0.25) is 0 Å². The third-order valence-electron chi connectivity index (χ3n) is 5.68. The van der Waals surface area contributed by atoms with Crippen molar-refractivity contribution in [3.8, 4) is 5.75 Å². The lowest BCUT2D eigenvalue weighted by Crippen LogP contribution is -2.21. The Morgan fingerprint density at radius 1 is 0.750 bits per heavy atom. The molecule has 0 saturated heterocycles. The van der Waals surface area contributed by atoms with Crippen molar-refractivity contribution >= 4 is 50.9 Å². The molecule has 7 nitrogen and oxygen atoms in total. The van der Waals surface area contributed by atoms with Gasteiger partial charge in [-0.25, -0.2) is 0 Å². The van der Waals surface area contributed by atoms with Gasteiger partial charge in [0, 0.05) is 33.8 Å². The highest BCUT2D eigenvalue weighted by Crippen LogP contribution is 2.30. The first-order valence-electron chi connectivity index (χ1n) is 11.3. The van der Waals surface area contributed by atoms with Crippen LogP contribution < -0.4 is 15.4 Å². The van der Waals surface area contributed by atoms with E-state index in [1.165, 1.54) is 6.92 Å². The SMILES string of the molecule is CC(=O)c1cccc(NC(=O)COc2ccccc2C(=O)Nc2ccc3c(c2)oc2ccccc23)c1. The van der Waals surface area contributed by atoms with Crippen LogP contribution in [-0.2, 0) is 4.79 Å². The molecule has 0 atom stereocenters. The minimum atomic E-state index is -0.416. The summed E-state index contributed by atoms with van der Waals surface area (Å²) in [7, 11) is 0. The first-order chi connectivity index (χ1) is 17.5. The Hall–Kier alpha value is -4.91. The Morgan fingerprint density at radius 2 is 1.50 bits per heavy atom. The van der Waals surface area contributed by atoms with E-state index >= 15 is 0 Å². The largest absolute Gasteiger partial charge is 0.483 e. The van der Waals surface area contributed by atoms with Crippen LogP contribution in [0.25, 0.3) is 21.9 Å². The van der Waals surface area contributed by atoms with Gasteiger partial charge in [0.15, 0.2) is 12.4 Å². The normalized spacial score (nSPS) is 10.8. The molecule has 0 bridgehead atoms. The average Bonchev–Trinajstić information content (AvgIpc) is 3.25. The van der Waals surface area contributed by atoms with Gasteiger partial charge in [0.2, 0.25) is 0 Å². The second kappa shape index (κ2) is 9.76. The highest BCUT2D eigenvalue weighted by Gasteiger charge is 2.15. The molecule has 0 fully saturated rings. The van der Waals surface area contributed by atoms with E-state index in [1.807, 2.05) is 36.4 Å². The van der Waals surface area contributed by atoms with Gasteiger partial charge in [0.25, 0.3) is 11.8 Å². The van der Waals surface area contributed by atoms with Gasteiger partial charge < -0.3 is 19.8 Å². The molecule has 2 N–H and O–H groups in total. The second-order valence-electron chi connectivity index (χ2n) is 8.23. The maximum absolute atomic E-state index is 13.0. The molecule has 5 aromatic rings. The van der Waals surface area contributed by atoms with Crippen molar-refractivity contribution in [2.45, 2.75) is 6.92 Å². The number of Topliss-reactive ketones (excluding diaryl/α,β-unsaturated/α-hetero) is 1. The smallest absolute Gasteiger partial charge is 0.262 e. The number of ether oxygens (including phenoxy) is 1. The number of carbonyl (C=O) groups is 3. The van der Waals surface area contributed by atoms with E-state index in [2.05, 4.69) is 10.6 Å². The van der Waals surface area contributed by atoms with Crippen LogP contribution in [0.4, 0.5) is 11.4 Å². The van der Waals surface area contributed by atoms with Crippen LogP contribution in [-0.4, -0.2) is 24.2 Å². The van der Waals surface area contributed by atoms with E-state index in [0.717, 1.165) is 16.4 Å². The molecule has 7 heteroatoms. The maximum Gasteiger partial charge on any atom is 0.262 e. The van der Waals surface area contributed by atoms with E-state index in [0.29, 0.717) is 22.5 Å². The summed E-state index contributed by atoms with van der Waals surface area (Å²) in [6, 6.07) is 26.6. The molecule has 0 aliphatic rings. The molecule has 1 aromatic heterocycles. The molecule has 0 unspecified atom stereocenters. The minimum absolute atomic E-state index is 0.0956. The number of para-hydroxylation sites is 2. The van der Waals surface area contributed by atoms with Crippen molar-refractivity contribution in [3.05, 3.63) is 102 Å². The zero-order valence-corrected chi connectivity index (χ0v) is 19.4. The number of rotatable bonds is 7. The van der Waals surface area contributed by atoms with Gasteiger partial charge in [-0.05, 0) is 49.4 Å². The van der Waals surface area contributed by atoms with Gasteiger partial charge in [-0.15, -0.1) is 0 Å². The Labute approximate surface area is 206 Å². The Balaban J connectivity index is 1.27. The van der Waals surface area contributed by atoms with Crippen molar-refractivity contribution in [3.63, 3.8) is 0 Å². The van der Waals surface area contributed by atoms with Crippen LogP contribution >= 0.6 is 0 Å². The van der Waals surface area contributed by atoms with Gasteiger partial charge in [0.05, 0.1) is 5.56 Å². The molecule has 178 valence electrons. The molecule has 4 aromatic carbocycles. The number of ketones is 1. The first-order valence-corrected chi connectivity index (χ1v) is 11.3. The number of anilines is 2. The number of carbonyl (C=O) groups excluding carboxylic acids is 3. The third-order valence-corrected chi connectivity index (χ3v) is 5.68. The van der Waals surface area contributed by atoms with Gasteiger partial charge in [-0.2, -0.15) is 0 Å². The molecule has 0 radical (unpaired) electrons. The standard InChI is InChI=1S/C29H22N2O5/c1-18(32)19-7-6-8-20(15-19)30-28(33)17-35-25-11-4-3-10-24(25)29(34)31-21-13-14-23-22-9-2-5-12-26(22)36-27(23)16-21/h2-16H,17H2,1H3,(H,30,33)(H,31,34). The fourth-order valence-corrected chi connectivity index (χ4v) is 3.94. The van der Waals surface area contributed by atoms with Gasteiger partial charge in [-0.3, -0.25) is 14.4 Å². The lowest BCUT2D eigenvalue weighted by atomic mass is 10.1. The molecule has 0 saturated carbocycles. The number of benzene rings is 4. The zero-order chi connectivity index (χ0) is 25.1. The number of fused-ring (bicyclic) bond motifs is 3. The summed E-state index contributed by atoms with van der Waals surface area (Å²) >= 11 is 0. The van der Waals surface area contributed by atoms with Gasteiger partial charge in [0.1, 0.15) is 16.9 Å². The molecular weight excluding hydrogens is 456 g/mol. The Bertz CT molecular complexity index is 1620. The van der Waals surface area contributed by atoms with E-state index in [9.17, 15) is 14.4 Å². The molecule has 0 spiro atoms. The van der Waals surface area contributed by atoms with Gasteiger partial charge in [-0.1, -0.05) is 42.5 Å². The predicted octanol–water partition coefficient (Wildman–Crippen LogP) is 6.06. The third kappa shape index (κ3) is 4.81. The minimum Gasteiger partial charge on any atom is -0.483 e. The van der Waals surface area contributed by atoms with E-state index in [-0.39, 0.29) is 29.6 Å². The average molecular weight is 479 g/mol. The number of hydrogen-bond donors (Lipinski definition) is 2. The van der Waals surface area contributed by atoms with E-state index in [1.54, 1.807) is 54.6 Å². The quantitative estimate of drug-likeness (QED) is 0.277. The summed E-state index contributed by atoms with van der Waals surface area (Å²) in [5.41, 5.74) is 3.29. The highest BCUT2D eigenvalue weighted by atomic mass is 16.5. The molecule has 0 aliphatic carbocycles. The fraction of sp³-hybridized carbons (Fsp3) is 0.0690. The highest BCUT2D eigenvalue weighted by molar-refractivity contribution is 6.09. The Morgan fingerprint density at radius 3 is 2.36 bits per heavy atom. The number of nitrogens with one attached hydrogen (secondary N) is 2. The van der Waals surface area contributed by atoms with E-state index in [4.69, 9.17) is 9.15 Å². The fourth-order valence-electron chi connectivity index (χ4n) is 3.94. The van der Waals surface area contributed by atoms with Crippen LogP contribution in [0.5, 0.6) is 5.75 Å². The van der Waals surface area contributed by atoms with Crippen LogP contribution in [0.1, 0.15) is 27.6 Å². The van der Waals surface area contributed by atoms with Crippen LogP contribution in [0, 0.1) is 0 Å². The summed E-state index contributed by atoms with van der Waals surface area (Å²) in [5, 5.41) is 7.54. The summed E-state index contributed by atoms with van der Waals surface area (Å²) in [6.45, 7) is 1.15. The number of hydrogen-bond acceptors (Lipinski definition) is 5. The summed E-state index contributed by atoms with van der Waals surface area (Å²) < 4.78 is 11.6. The number of amides is 2. The lowest BCUT2D eigenvalue weighted by Gasteiger charge is -2.12. The summed E-state index contributed by atoms with van der Waals surface area (Å²) in [6.07, 6.45) is 0. The molecule has 0 aliphatic heterocycles. The Kier molecular flexibility index (Phi) is 6.19. The summed E-state index contributed by atoms with van der Waals surface area (Å²) in [4.78, 5) is 37.0. The lowest BCUT2D eigenvalue weighted by molar-refractivity contribution is -0.118. The number of furan rings is 1. The topological polar surface area (TPSA) is 97.6 Å². The van der Waals surface area contributed by atoms with E-state index < -0.39 is 5.91 Å². The van der Waals surface area contributed by atoms with Gasteiger partial charge >= 0.3 is 0 Å². The molecule has 36 heavy (non-hydrogen) atoms. The van der Waals surface area contributed by atoms with Crippen LogP contribution in [0.3, 0.4) is 0 Å². The molecule has 5 rings (SSSR count). The van der Waals surface area contributed by atoms with Crippen LogP contribution in [0.15, 0.2) is 95.4 Å².